The molecule has 0 spiro atoms. The molecule has 4 aromatic heterocycles. The molecule has 0 atom stereocenters. The molecule has 0 aliphatic rings. The first-order valence-corrected chi connectivity index (χ1v) is 9.36. The molecule has 0 aliphatic carbocycles. The maximum atomic E-state index is 5.73. The van der Waals surface area contributed by atoms with Crippen LogP contribution >= 0.6 is 23.1 Å². The summed E-state index contributed by atoms with van der Waals surface area (Å²) in [6, 6.07) is 11.5. The van der Waals surface area contributed by atoms with Crippen LogP contribution in [0.25, 0.3) is 22.3 Å². The lowest BCUT2D eigenvalue weighted by molar-refractivity contribution is 0.466. The highest BCUT2D eigenvalue weighted by molar-refractivity contribution is 7.99. The van der Waals surface area contributed by atoms with Crippen LogP contribution in [0.15, 0.2) is 62.6 Å². The molecule has 4 heterocycles. The van der Waals surface area contributed by atoms with E-state index in [-0.39, 0.29) is 0 Å². The fraction of sp³-hybridized carbons (Fsp3) is 0.118. The molecule has 0 unspecified atom stereocenters. The predicted octanol–water partition coefficient (Wildman–Crippen LogP) is 4.36. The minimum atomic E-state index is 0.455. The summed E-state index contributed by atoms with van der Waals surface area (Å²) in [5, 5.41) is 11.4. The summed E-state index contributed by atoms with van der Waals surface area (Å²) in [7, 11) is 0. The number of aromatic nitrogens is 5. The van der Waals surface area contributed by atoms with E-state index in [9.17, 15) is 0 Å². The van der Waals surface area contributed by atoms with Crippen LogP contribution in [-0.2, 0) is 6.42 Å². The van der Waals surface area contributed by atoms with Crippen molar-refractivity contribution in [1.29, 1.82) is 0 Å². The summed E-state index contributed by atoms with van der Waals surface area (Å²) >= 11 is 2.89. The topological polar surface area (TPSA) is 77.6 Å². The largest absolute Gasteiger partial charge is 0.410 e. The molecule has 0 bridgehead atoms. The number of nitrogens with zero attached hydrogens (tertiary/aromatic N) is 5. The molecule has 6 nitrogen and oxygen atoms in total. The van der Waals surface area contributed by atoms with Gasteiger partial charge in [0.15, 0.2) is 5.82 Å². The minimum Gasteiger partial charge on any atom is -0.410 e. The second kappa shape index (κ2) is 7.12. The standard InChI is InChI=1S/C17H13N5OS2/c1-2-11-10-14(20-15(19-11)12-6-3-4-8-18-12)25-17-22-21-16(23-17)13-7-5-9-24-13/h3-10H,2H2,1H3. The lowest BCUT2D eigenvalue weighted by atomic mass is 10.3. The van der Waals surface area contributed by atoms with Crippen molar-refractivity contribution in [1.82, 2.24) is 25.1 Å². The second-order valence-electron chi connectivity index (χ2n) is 5.04. The van der Waals surface area contributed by atoms with Crippen LogP contribution in [0.2, 0.25) is 0 Å². The van der Waals surface area contributed by atoms with Crippen molar-refractivity contribution in [2.24, 2.45) is 0 Å². The molecule has 25 heavy (non-hydrogen) atoms. The van der Waals surface area contributed by atoms with E-state index >= 15 is 0 Å². The maximum Gasteiger partial charge on any atom is 0.283 e. The van der Waals surface area contributed by atoms with Crippen molar-refractivity contribution in [3.05, 3.63) is 53.7 Å². The Hall–Kier alpha value is -2.58. The predicted molar refractivity (Wildman–Crippen MR) is 96.4 cm³/mol. The lowest BCUT2D eigenvalue weighted by Gasteiger charge is -2.04. The number of hydrogen-bond donors (Lipinski definition) is 0. The number of aryl methyl sites for hydroxylation is 1. The van der Waals surface area contributed by atoms with Gasteiger partial charge < -0.3 is 4.42 Å². The fourth-order valence-electron chi connectivity index (χ4n) is 2.16. The van der Waals surface area contributed by atoms with Crippen LogP contribution in [0.3, 0.4) is 0 Å². The van der Waals surface area contributed by atoms with E-state index in [1.165, 1.54) is 11.8 Å². The summed E-state index contributed by atoms with van der Waals surface area (Å²) < 4.78 is 5.73. The van der Waals surface area contributed by atoms with Gasteiger partial charge in [-0.15, -0.1) is 21.5 Å². The molecular weight excluding hydrogens is 354 g/mol. The third-order valence-electron chi connectivity index (χ3n) is 3.34. The van der Waals surface area contributed by atoms with Gasteiger partial charge in [-0.25, -0.2) is 9.97 Å². The molecule has 0 saturated heterocycles. The van der Waals surface area contributed by atoms with E-state index in [0.717, 1.165) is 27.7 Å². The quantitative estimate of drug-likeness (QED) is 0.485. The van der Waals surface area contributed by atoms with Crippen molar-refractivity contribution < 1.29 is 4.42 Å². The van der Waals surface area contributed by atoms with Crippen LogP contribution in [0, 0.1) is 0 Å². The van der Waals surface area contributed by atoms with Crippen LogP contribution < -0.4 is 0 Å². The molecule has 0 saturated carbocycles. The Balaban J connectivity index is 1.64. The summed E-state index contributed by atoms with van der Waals surface area (Å²) in [4.78, 5) is 14.4. The Bertz CT molecular complexity index is 970. The highest BCUT2D eigenvalue weighted by Crippen LogP contribution is 2.30. The van der Waals surface area contributed by atoms with E-state index < -0.39 is 0 Å². The van der Waals surface area contributed by atoms with Crippen molar-refractivity contribution >= 4 is 23.1 Å². The van der Waals surface area contributed by atoms with Crippen LogP contribution in [0.4, 0.5) is 0 Å². The van der Waals surface area contributed by atoms with E-state index in [4.69, 9.17) is 4.42 Å². The first-order valence-electron chi connectivity index (χ1n) is 7.66. The minimum absolute atomic E-state index is 0.455. The molecule has 0 amide bonds. The lowest BCUT2D eigenvalue weighted by Crippen LogP contribution is -1.97. The highest BCUT2D eigenvalue weighted by atomic mass is 32.2. The molecule has 124 valence electrons. The van der Waals surface area contributed by atoms with Crippen molar-refractivity contribution in [3.8, 4) is 22.3 Å². The average molecular weight is 367 g/mol. The molecule has 0 aromatic carbocycles. The van der Waals surface area contributed by atoms with Gasteiger partial charge in [0.2, 0.25) is 0 Å². The Morgan fingerprint density at radius 2 is 2.08 bits per heavy atom. The average Bonchev–Trinajstić information content (AvgIpc) is 3.34. The van der Waals surface area contributed by atoms with Gasteiger partial charge in [0.1, 0.15) is 10.7 Å². The summed E-state index contributed by atoms with van der Waals surface area (Å²) in [6.07, 6.45) is 2.54. The van der Waals surface area contributed by atoms with Crippen molar-refractivity contribution in [2.75, 3.05) is 0 Å². The Morgan fingerprint density at radius 1 is 1.12 bits per heavy atom. The van der Waals surface area contributed by atoms with Gasteiger partial charge in [-0.3, -0.25) is 4.98 Å². The maximum absolute atomic E-state index is 5.73. The summed E-state index contributed by atoms with van der Waals surface area (Å²) in [6.45, 7) is 2.06. The smallest absolute Gasteiger partial charge is 0.283 e. The van der Waals surface area contributed by atoms with Gasteiger partial charge in [0.25, 0.3) is 11.1 Å². The number of thiophene rings is 1. The van der Waals surface area contributed by atoms with E-state index in [2.05, 4.69) is 32.1 Å². The highest BCUT2D eigenvalue weighted by Gasteiger charge is 2.14. The van der Waals surface area contributed by atoms with Gasteiger partial charge in [0.05, 0.1) is 4.88 Å². The molecule has 4 rings (SSSR count). The summed E-state index contributed by atoms with van der Waals surface area (Å²) in [5.74, 6) is 1.12. The first kappa shape index (κ1) is 15.9. The molecule has 4 aromatic rings. The molecular formula is C17H13N5OS2. The Labute approximate surface area is 152 Å². The van der Waals surface area contributed by atoms with Crippen LogP contribution in [0.1, 0.15) is 12.6 Å². The third kappa shape index (κ3) is 3.59. The normalized spacial score (nSPS) is 10.9. The van der Waals surface area contributed by atoms with Crippen molar-refractivity contribution in [3.63, 3.8) is 0 Å². The van der Waals surface area contributed by atoms with Gasteiger partial charge >= 0.3 is 0 Å². The Morgan fingerprint density at radius 3 is 2.84 bits per heavy atom. The third-order valence-corrected chi connectivity index (χ3v) is 4.96. The molecule has 0 fully saturated rings. The van der Waals surface area contributed by atoms with E-state index in [0.29, 0.717) is 16.9 Å². The molecule has 8 heteroatoms. The van der Waals surface area contributed by atoms with Crippen LogP contribution in [-0.4, -0.2) is 25.1 Å². The van der Waals surface area contributed by atoms with Gasteiger partial charge in [-0.1, -0.05) is 19.1 Å². The van der Waals surface area contributed by atoms with E-state index in [1.54, 1.807) is 17.5 Å². The molecule has 0 aliphatic heterocycles. The monoisotopic (exact) mass is 367 g/mol. The van der Waals surface area contributed by atoms with Crippen molar-refractivity contribution in [2.45, 2.75) is 23.6 Å². The number of pyridine rings is 1. The fourth-order valence-corrected chi connectivity index (χ4v) is 3.51. The zero-order valence-electron chi connectivity index (χ0n) is 13.3. The number of hydrogen-bond acceptors (Lipinski definition) is 8. The second-order valence-corrected chi connectivity index (χ2v) is 6.96. The van der Waals surface area contributed by atoms with Gasteiger partial charge in [-0.05, 0) is 47.8 Å². The zero-order chi connectivity index (χ0) is 17.1. The SMILES string of the molecule is CCc1cc(Sc2nnc(-c3cccs3)o2)nc(-c2ccccn2)n1. The van der Waals surface area contributed by atoms with E-state index in [1.807, 2.05) is 41.8 Å². The van der Waals surface area contributed by atoms with Gasteiger partial charge in [0, 0.05) is 11.9 Å². The number of rotatable bonds is 5. The van der Waals surface area contributed by atoms with Gasteiger partial charge in [-0.2, -0.15) is 0 Å². The first-order chi connectivity index (χ1) is 12.3. The molecule has 0 radical (unpaired) electrons. The van der Waals surface area contributed by atoms with Crippen LogP contribution in [0.5, 0.6) is 0 Å². The summed E-state index contributed by atoms with van der Waals surface area (Å²) in [5.41, 5.74) is 1.68. The Kier molecular flexibility index (Phi) is 4.53. The zero-order valence-corrected chi connectivity index (χ0v) is 14.9. The molecule has 0 N–H and O–H groups in total.